The molecule has 1 N–H and O–H groups in total. The van der Waals surface area contributed by atoms with E-state index in [0.29, 0.717) is 26.1 Å². The molecule has 0 saturated carbocycles. The molecule has 0 unspecified atom stereocenters. The van der Waals surface area contributed by atoms with Crippen molar-refractivity contribution in [2.45, 2.75) is 12.8 Å². The highest BCUT2D eigenvalue weighted by atomic mass is 32.2. The van der Waals surface area contributed by atoms with Crippen molar-refractivity contribution in [3.05, 3.63) is 23.8 Å². The number of thioether (sulfide) groups is 1. The van der Waals surface area contributed by atoms with Gasteiger partial charge in [-0.1, -0.05) is 17.8 Å². The van der Waals surface area contributed by atoms with Gasteiger partial charge in [-0.3, -0.25) is 9.79 Å². The van der Waals surface area contributed by atoms with Crippen molar-refractivity contribution in [3.63, 3.8) is 0 Å². The maximum absolute atomic E-state index is 11.8. The standard InChI is InChI=1S/C14H16N2O3S/c17-13(16-14-15-5-8-20-14)4-2-10-1-3-11-12(9-10)19-7-6-18-11/h1,3,9H,2,4-8H2,(H,15,16,17). The number of amides is 1. The van der Waals surface area contributed by atoms with Gasteiger partial charge < -0.3 is 14.8 Å². The van der Waals surface area contributed by atoms with E-state index < -0.39 is 0 Å². The van der Waals surface area contributed by atoms with E-state index in [1.165, 1.54) is 0 Å². The summed E-state index contributed by atoms with van der Waals surface area (Å²) in [5, 5.41) is 3.58. The van der Waals surface area contributed by atoms with Gasteiger partial charge in [0.25, 0.3) is 0 Å². The lowest BCUT2D eigenvalue weighted by Gasteiger charge is -2.18. The van der Waals surface area contributed by atoms with Gasteiger partial charge in [-0.25, -0.2) is 0 Å². The molecule has 1 aromatic carbocycles. The summed E-state index contributed by atoms with van der Waals surface area (Å²) in [6.45, 7) is 1.96. The number of amidine groups is 1. The van der Waals surface area contributed by atoms with Crippen molar-refractivity contribution in [3.8, 4) is 11.5 Å². The van der Waals surface area contributed by atoms with E-state index in [1.807, 2.05) is 18.2 Å². The first-order valence-corrected chi connectivity index (χ1v) is 7.65. The molecule has 1 aromatic rings. The van der Waals surface area contributed by atoms with Gasteiger partial charge in [0.2, 0.25) is 5.91 Å². The van der Waals surface area contributed by atoms with Crippen LogP contribution in [0.4, 0.5) is 0 Å². The molecule has 3 rings (SSSR count). The fourth-order valence-electron chi connectivity index (χ4n) is 2.09. The summed E-state index contributed by atoms with van der Waals surface area (Å²) in [6, 6.07) is 5.82. The molecular formula is C14H16N2O3S. The van der Waals surface area contributed by atoms with Crippen LogP contribution >= 0.6 is 11.8 Å². The number of nitrogens with zero attached hydrogens (tertiary/aromatic N) is 1. The summed E-state index contributed by atoms with van der Waals surface area (Å²) in [7, 11) is 0. The van der Waals surface area contributed by atoms with Crippen LogP contribution in [0.25, 0.3) is 0 Å². The monoisotopic (exact) mass is 292 g/mol. The van der Waals surface area contributed by atoms with Crippen molar-refractivity contribution < 1.29 is 14.3 Å². The third-order valence-corrected chi connectivity index (χ3v) is 3.97. The Hall–Kier alpha value is -1.69. The number of benzene rings is 1. The quantitative estimate of drug-likeness (QED) is 0.919. The first-order chi connectivity index (χ1) is 9.81. The Labute approximate surface area is 121 Å². The number of carbonyl (C=O) groups excluding carboxylic acids is 1. The second-order valence-corrected chi connectivity index (χ2v) is 5.65. The Bertz CT molecular complexity index is 545. The number of aliphatic imine (C=N–C) groups is 1. The van der Waals surface area contributed by atoms with Crippen LogP contribution in [-0.4, -0.2) is 36.6 Å². The minimum Gasteiger partial charge on any atom is -0.486 e. The van der Waals surface area contributed by atoms with Crippen LogP contribution < -0.4 is 14.8 Å². The lowest BCUT2D eigenvalue weighted by molar-refractivity contribution is -0.119. The van der Waals surface area contributed by atoms with Crippen LogP contribution in [0.2, 0.25) is 0 Å². The number of hydrogen-bond acceptors (Lipinski definition) is 5. The smallest absolute Gasteiger partial charge is 0.226 e. The summed E-state index contributed by atoms with van der Waals surface area (Å²) in [6.07, 6.45) is 1.12. The van der Waals surface area contributed by atoms with Crippen molar-refractivity contribution in [2.24, 2.45) is 4.99 Å². The topological polar surface area (TPSA) is 59.9 Å². The number of nitrogens with one attached hydrogen (secondary N) is 1. The van der Waals surface area contributed by atoms with Crippen LogP contribution in [0.5, 0.6) is 11.5 Å². The van der Waals surface area contributed by atoms with E-state index in [9.17, 15) is 4.79 Å². The van der Waals surface area contributed by atoms with Crippen LogP contribution in [-0.2, 0) is 11.2 Å². The number of fused-ring (bicyclic) bond motifs is 1. The molecular weight excluding hydrogens is 276 g/mol. The molecule has 0 saturated heterocycles. The normalized spacial score (nSPS) is 16.7. The van der Waals surface area contributed by atoms with Gasteiger partial charge >= 0.3 is 0 Å². The van der Waals surface area contributed by atoms with Crippen LogP contribution in [0.1, 0.15) is 12.0 Å². The molecule has 1 amide bonds. The molecule has 2 heterocycles. The Morgan fingerprint density at radius 2 is 2.15 bits per heavy atom. The van der Waals surface area contributed by atoms with Crippen molar-refractivity contribution in [1.82, 2.24) is 5.32 Å². The van der Waals surface area contributed by atoms with E-state index in [1.54, 1.807) is 11.8 Å². The molecule has 6 heteroatoms. The third-order valence-electron chi connectivity index (χ3n) is 3.08. The SMILES string of the molecule is O=C(CCc1ccc2c(c1)OCCO2)NC1=NCCS1. The Morgan fingerprint density at radius 1 is 1.30 bits per heavy atom. The van der Waals surface area contributed by atoms with Gasteiger partial charge in [0, 0.05) is 12.2 Å². The summed E-state index contributed by atoms with van der Waals surface area (Å²) >= 11 is 1.59. The predicted molar refractivity (Wildman–Crippen MR) is 78.7 cm³/mol. The van der Waals surface area contributed by atoms with Gasteiger partial charge in [-0.05, 0) is 24.1 Å². The average Bonchev–Trinajstić information content (AvgIpc) is 2.98. The molecule has 20 heavy (non-hydrogen) atoms. The van der Waals surface area contributed by atoms with Crippen LogP contribution in [0.3, 0.4) is 0 Å². The van der Waals surface area contributed by atoms with Crippen LogP contribution in [0.15, 0.2) is 23.2 Å². The van der Waals surface area contributed by atoms with Crippen molar-refractivity contribution in [1.29, 1.82) is 0 Å². The zero-order valence-electron chi connectivity index (χ0n) is 11.1. The Balaban J connectivity index is 1.54. The molecule has 0 aliphatic carbocycles. The highest BCUT2D eigenvalue weighted by Crippen LogP contribution is 2.31. The maximum atomic E-state index is 11.8. The molecule has 0 radical (unpaired) electrons. The van der Waals surface area contributed by atoms with E-state index >= 15 is 0 Å². The van der Waals surface area contributed by atoms with Crippen LogP contribution in [0, 0.1) is 0 Å². The summed E-state index contributed by atoms with van der Waals surface area (Å²) in [5.74, 6) is 2.51. The highest BCUT2D eigenvalue weighted by Gasteiger charge is 2.13. The lowest BCUT2D eigenvalue weighted by atomic mass is 10.1. The van der Waals surface area contributed by atoms with Crippen molar-refractivity contribution >= 4 is 22.8 Å². The second kappa shape index (κ2) is 6.17. The number of aryl methyl sites for hydroxylation is 1. The zero-order chi connectivity index (χ0) is 13.8. The van der Waals surface area contributed by atoms with Gasteiger partial charge in [0.15, 0.2) is 16.7 Å². The van der Waals surface area contributed by atoms with Crippen molar-refractivity contribution in [2.75, 3.05) is 25.5 Å². The van der Waals surface area contributed by atoms with E-state index in [2.05, 4.69) is 10.3 Å². The zero-order valence-corrected chi connectivity index (χ0v) is 11.9. The summed E-state index contributed by atoms with van der Waals surface area (Å²) in [5.41, 5.74) is 1.07. The average molecular weight is 292 g/mol. The fraction of sp³-hybridized carbons (Fsp3) is 0.429. The molecule has 2 aliphatic heterocycles. The lowest BCUT2D eigenvalue weighted by Crippen LogP contribution is -2.27. The number of hydrogen-bond donors (Lipinski definition) is 1. The molecule has 106 valence electrons. The maximum Gasteiger partial charge on any atom is 0.226 e. The number of rotatable bonds is 3. The molecule has 0 fully saturated rings. The van der Waals surface area contributed by atoms with Gasteiger partial charge in [0.05, 0.1) is 6.54 Å². The minimum atomic E-state index is 0.00744. The molecule has 0 bridgehead atoms. The highest BCUT2D eigenvalue weighted by molar-refractivity contribution is 8.14. The number of ether oxygens (including phenoxy) is 2. The molecule has 2 aliphatic rings. The first-order valence-electron chi connectivity index (χ1n) is 6.67. The van der Waals surface area contributed by atoms with E-state index in [0.717, 1.165) is 34.5 Å². The Morgan fingerprint density at radius 3 is 2.95 bits per heavy atom. The fourth-order valence-corrected chi connectivity index (χ4v) is 2.84. The van der Waals surface area contributed by atoms with E-state index in [-0.39, 0.29) is 5.91 Å². The summed E-state index contributed by atoms with van der Waals surface area (Å²) < 4.78 is 11.0. The first kappa shape index (κ1) is 13.3. The minimum absolute atomic E-state index is 0.00744. The van der Waals surface area contributed by atoms with Gasteiger partial charge in [-0.15, -0.1) is 0 Å². The molecule has 0 atom stereocenters. The third kappa shape index (κ3) is 3.25. The molecule has 0 aromatic heterocycles. The predicted octanol–water partition coefficient (Wildman–Crippen LogP) is 1.61. The molecule has 5 nitrogen and oxygen atoms in total. The second-order valence-electron chi connectivity index (χ2n) is 4.56. The largest absolute Gasteiger partial charge is 0.486 e. The molecule has 0 spiro atoms. The number of carbonyl (C=O) groups is 1. The van der Waals surface area contributed by atoms with Gasteiger partial charge in [-0.2, -0.15) is 0 Å². The van der Waals surface area contributed by atoms with E-state index in [4.69, 9.17) is 9.47 Å². The summed E-state index contributed by atoms with van der Waals surface area (Å²) in [4.78, 5) is 16.0. The Kier molecular flexibility index (Phi) is 4.11. The van der Waals surface area contributed by atoms with Gasteiger partial charge in [0.1, 0.15) is 13.2 Å².